The Balaban J connectivity index is 1.96. The van der Waals surface area contributed by atoms with Gasteiger partial charge in [-0.05, 0) is 18.8 Å². The number of anilines is 2. The number of rotatable bonds is 6. The average Bonchev–Trinajstić information content (AvgIpc) is 3.10. The number of hydrogen-bond acceptors (Lipinski definition) is 5. The minimum Gasteiger partial charge on any atom is -0.480 e. The molecule has 2 N–H and O–H groups in total. The molecule has 0 saturated heterocycles. The molecule has 1 fully saturated rings. The van der Waals surface area contributed by atoms with Gasteiger partial charge in [0, 0.05) is 19.7 Å². The fourth-order valence-corrected chi connectivity index (χ4v) is 1.51. The Morgan fingerprint density at radius 1 is 1.59 bits per heavy atom. The zero-order valence-electron chi connectivity index (χ0n) is 9.76. The third-order valence-corrected chi connectivity index (χ3v) is 2.68. The van der Waals surface area contributed by atoms with Gasteiger partial charge in [0.25, 0.3) is 0 Å². The van der Waals surface area contributed by atoms with Crippen LogP contribution in [0, 0.1) is 5.92 Å². The first kappa shape index (κ1) is 11.6. The quantitative estimate of drug-likeness (QED) is 0.761. The van der Waals surface area contributed by atoms with Crippen molar-refractivity contribution in [1.82, 2.24) is 9.97 Å². The molecule has 1 aliphatic rings. The summed E-state index contributed by atoms with van der Waals surface area (Å²) in [4.78, 5) is 20.3. The lowest BCUT2D eigenvalue weighted by Crippen LogP contribution is -2.26. The summed E-state index contributed by atoms with van der Waals surface area (Å²) in [5.41, 5.74) is 0. The predicted octanol–water partition coefficient (Wildman–Crippen LogP) is 0.819. The van der Waals surface area contributed by atoms with E-state index in [1.165, 1.54) is 19.2 Å². The number of carboxylic acid groups (broad SMARTS) is 1. The van der Waals surface area contributed by atoms with E-state index < -0.39 is 5.97 Å². The zero-order chi connectivity index (χ0) is 12.3. The monoisotopic (exact) mass is 236 g/mol. The zero-order valence-corrected chi connectivity index (χ0v) is 9.76. The SMILES string of the molecule is CN(CC(=O)O)c1cc(NCC2CC2)ncn1. The molecule has 1 aromatic rings. The Morgan fingerprint density at radius 2 is 2.35 bits per heavy atom. The summed E-state index contributed by atoms with van der Waals surface area (Å²) in [6.45, 7) is 0.859. The molecular weight excluding hydrogens is 220 g/mol. The number of aliphatic carboxylic acids is 1. The topological polar surface area (TPSA) is 78.4 Å². The Bertz CT molecular complexity index is 406. The van der Waals surface area contributed by atoms with E-state index in [4.69, 9.17) is 5.11 Å². The van der Waals surface area contributed by atoms with Crippen molar-refractivity contribution in [2.75, 3.05) is 30.4 Å². The van der Waals surface area contributed by atoms with Crippen molar-refractivity contribution in [3.63, 3.8) is 0 Å². The molecule has 17 heavy (non-hydrogen) atoms. The first-order valence-electron chi connectivity index (χ1n) is 5.64. The van der Waals surface area contributed by atoms with Gasteiger partial charge in [0.1, 0.15) is 24.5 Å². The number of likely N-dealkylation sites (N-methyl/N-ethyl adjacent to an activating group) is 1. The van der Waals surface area contributed by atoms with Gasteiger partial charge in [-0.1, -0.05) is 0 Å². The van der Waals surface area contributed by atoms with Gasteiger partial charge < -0.3 is 15.3 Å². The second kappa shape index (κ2) is 4.99. The van der Waals surface area contributed by atoms with E-state index in [0.717, 1.165) is 18.3 Å². The summed E-state index contributed by atoms with van der Waals surface area (Å²) in [5, 5.41) is 11.9. The summed E-state index contributed by atoms with van der Waals surface area (Å²) in [6.07, 6.45) is 4.01. The highest BCUT2D eigenvalue weighted by Gasteiger charge is 2.20. The molecular formula is C11H16N4O2. The summed E-state index contributed by atoms with van der Waals surface area (Å²) >= 11 is 0. The smallest absolute Gasteiger partial charge is 0.323 e. The van der Waals surface area contributed by atoms with Crippen LogP contribution in [0.15, 0.2) is 12.4 Å². The van der Waals surface area contributed by atoms with E-state index in [-0.39, 0.29) is 6.54 Å². The van der Waals surface area contributed by atoms with Crippen LogP contribution in [0.1, 0.15) is 12.8 Å². The van der Waals surface area contributed by atoms with Crippen molar-refractivity contribution < 1.29 is 9.90 Å². The molecule has 0 bridgehead atoms. The Morgan fingerprint density at radius 3 is 3.00 bits per heavy atom. The second-order valence-electron chi connectivity index (χ2n) is 4.34. The highest BCUT2D eigenvalue weighted by molar-refractivity contribution is 5.73. The molecule has 0 radical (unpaired) electrons. The number of carbonyl (C=O) groups is 1. The second-order valence-corrected chi connectivity index (χ2v) is 4.34. The molecule has 0 amide bonds. The fraction of sp³-hybridized carbons (Fsp3) is 0.545. The summed E-state index contributed by atoms with van der Waals surface area (Å²) in [6, 6.07) is 1.77. The Hall–Kier alpha value is -1.85. The summed E-state index contributed by atoms with van der Waals surface area (Å²) < 4.78 is 0. The molecule has 0 atom stereocenters. The first-order chi connectivity index (χ1) is 8.15. The number of nitrogens with one attached hydrogen (secondary N) is 1. The molecule has 6 nitrogen and oxygen atoms in total. The van der Waals surface area contributed by atoms with Crippen LogP contribution in [-0.4, -0.2) is 41.2 Å². The highest BCUT2D eigenvalue weighted by Crippen LogP contribution is 2.28. The summed E-state index contributed by atoms with van der Waals surface area (Å²) in [7, 11) is 1.70. The van der Waals surface area contributed by atoms with Crippen LogP contribution in [0.2, 0.25) is 0 Å². The molecule has 2 rings (SSSR count). The molecule has 1 heterocycles. The van der Waals surface area contributed by atoms with Gasteiger partial charge in [-0.3, -0.25) is 4.79 Å². The number of hydrogen-bond donors (Lipinski definition) is 2. The van der Waals surface area contributed by atoms with Crippen LogP contribution in [0.4, 0.5) is 11.6 Å². The number of carboxylic acids is 1. The minimum atomic E-state index is -0.876. The van der Waals surface area contributed by atoms with Gasteiger partial charge in [-0.2, -0.15) is 0 Å². The number of nitrogens with zero attached hydrogens (tertiary/aromatic N) is 3. The van der Waals surface area contributed by atoms with E-state index in [1.807, 2.05) is 0 Å². The van der Waals surface area contributed by atoms with Gasteiger partial charge in [0.2, 0.25) is 0 Å². The molecule has 0 aliphatic heterocycles. The molecule has 1 saturated carbocycles. The van der Waals surface area contributed by atoms with Crippen molar-refractivity contribution in [3.05, 3.63) is 12.4 Å². The fourth-order valence-electron chi connectivity index (χ4n) is 1.51. The van der Waals surface area contributed by atoms with Gasteiger partial charge in [-0.25, -0.2) is 9.97 Å². The average molecular weight is 236 g/mol. The first-order valence-corrected chi connectivity index (χ1v) is 5.64. The lowest BCUT2D eigenvalue weighted by Gasteiger charge is -2.15. The van der Waals surface area contributed by atoms with E-state index in [2.05, 4.69) is 15.3 Å². The van der Waals surface area contributed by atoms with E-state index >= 15 is 0 Å². The van der Waals surface area contributed by atoms with Crippen LogP contribution in [-0.2, 0) is 4.79 Å². The van der Waals surface area contributed by atoms with Crippen molar-refractivity contribution in [3.8, 4) is 0 Å². The van der Waals surface area contributed by atoms with Gasteiger partial charge in [0.15, 0.2) is 0 Å². The maximum atomic E-state index is 10.6. The van der Waals surface area contributed by atoms with E-state index in [9.17, 15) is 4.79 Å². The van der Waals surface area contributed by atoms with Gasteiger partial charge >= 0.3 is 5.97 Å². The minimum absolute atomic E-state index is 0.0704. The maximum absolute atomic E-state index is 10.6. The molecule has 0 unspecified atom stereocenters. The number of aromatic nitrogens is 2. The third-order valence-electron chi connectivity index (χ3n) is 2.68. The standard InChI is InChI=1S/C11H16N4O2/c1-15(6-11(16)17)10-4-9(13-7-14-10)12-5-8-2-3-8/h4,7-8H,2-3,5-6H2,1H3,(H,16,17)(H,12,13,14). The summed E-state index contributed by atoms with van der Waals surface area (Å²) in [5.74, 6) is 1.25. The molecule has 1 aromatic heterocycles. The van der Waals surface area contributed by atoms with Gasteiger partial charge in [-0.15, -0.1) is 0 Å². The maximum Gasteiger partial charge on any atom is 0.323 e. The largest absolute Gasteiger partial charge is 0.480 e. The van der Waals surface area contributed by atoms with Crippen LogP contribution < -0.4 is 10.2 Å². The van der Waals surface area contributed by atoms with Crippen LogP contribution >= 0.6 is 0 Å². The molecule has 1 aliphatic carbocycles. The van der Waals surface area contributed by atoms with E-state index in [0.29, 0.717) is 5.82 Å². The Labute approximate surface area is 99.7 Å². The lowest BCUT2D eigenvalue weighted by molar-refractivity contribution is -0.135. The van der Waals surface area contributed by atoms with Gasteiger partial charge in [0.05, 0.1) is 0 Å². The molecule has 6 heteroatoms. The van der Waals surface area contributed by atoms with Crippen molar-refractivity contribution in [2.45, 2.75) is 12.8 Å². The van der Waals surface area contributed by atoms with E-state index in [1.54, 1.807) is 18.0 Å². The van der Waals surface area contributed by atoms with Crippen molar-refractivity contribution in [2.24, 2.45) is 5.92 Å². The third kappa shape index (κ3) is 3.58. The predicted molar refractivity (Wildman–Crippen MR) is 64.2 cm³/mol. The molecule has 0 spiro atoms. The highest BCUT2D eigenvalue weighted by atomic mass is 16.4. The Kier molecular flexibility index (Phi) is 3.41. The van der Waals surface area contributed by atoms with Crippen molar-refractivity contribution in [1.29, 1.82) is 0 Å². The van der Waals surface area contributed by atoms with Crippen molar-refractivity contribution >= 4 is 17.6 Å². The van der Waals surface area contributed by atoms with Crippen LogP contribution in [0.3, 0.4) is 0 Å². The van der Waals surface area contributed by atoms with Crippen LogP contribution in [0.25, 0.3) is 0 Å². The molecule has 0 aromatic carbocycles. The van der Waals surface area contributed by atoms with Crippen LogP contribution in [0.5, 0.6) is 0 Å². The molecule has 92 valence electrons. The normalized spacial score (nSPS) is 14.4. The lowest BCUT2D eigenvalue weighted by atomic mass is 10.4.